The first-order valence-corrected chi connectivity index (χ1v) is 11.6. The minimum Gasteiger partial charge on any atom is -0.454 e. The number of guanidine groups is 1. The predicted octanol–water partition coefficient (Wildman–Crippen LogP) is 2.90. The molecular formula is C24H37IN4O4. The number of amides is 1. The van der Waals surface area contributed by atoms with Crippen LogP contribution in [-0.4, -0.2) is 71.0 Å². The third kappa shape index (κ3) is 5.50. The van der Waals surface area contributed by atoms with Crippen molar-refractivity contribution < 1.29 is 19.0 Å². The molecule has 1 saturated carbocycles. The van der Waals surface area contributed by atoms with Crippen molar-refractivity contribution in [3.63, 3.8) is 0 Å². The monoisotopic (exact) mass is 572 g/mol. The number of rotatable bonds is 6. The van der Waals surface area contributed by atoms with Gasteiger partial charge < -0.3 is 29.7 Å². The Hall–Kier alpha value is -1.75. The summed E-state index contributed by atoms with van der Waals surface area (Å²) >= 11 is 0. The Balaban J connectivity index is 0.00000306. The summed E-state index contributed by atoms with van der Waals surface area (Å²) in [6, 6.07) is 6.24. The van der Waals surface area contributed by atoms with Gasteiger partial charge in [-0.3, -0.25) is 9.79 Å². The topological polar surface area (TPSA) is 84.4 Å². The summed E-state index contributed by atoms with van der Waals surface area (Å²) in [5.74, 6) is 2.55. The van der Waals surface area contributed by atoms with E-state index in [2.05, 4.69) is 27.8 Å². The van der Waals surface area contributed by atoms with Crippen molar-refractivity contribution in [1.82, 2.24) is 15.5 Å². The average molecular weight is 572 g/mol. The van der Waals surface area contributed by atoms with Gasteiger partial charge in [-0.1, -0.05) is 18.9 Å². The van der Waals surface area contributed by atoms with Gasteiger partial charge in [0.05, 0.1) is 5.41 Å². The number of ether oxygens (including phenoxy) is 3. The quantitative estimate of drug-likeness (QED) is 0.310. The van der Waals surface area contributed by atoms with Crippen molar-refractivity contribution in [2.24, 2.45) is 10.4 Å². The molecule has 0 aromatic heterocycles. The molecule has 2 aliphatic heterocycles. The van der Waals surface area contributed by atoms with Crippen LogP contribution in [0, 0.1) is 5.41 Å². The Labute approximate surface area is 213 Å². The van der Waals surface area contributed by atoms with Crippen LogP contribution in [0.1, 0.15) is 44.1 Å². The molecule has 1 aromatic carbocycles. The molecule has 2 fully saturated rings. The first kappa shape index (κ1) is 25.9. The number of nitrogens with zero attached hydrogens (tertiary/aromatic N) is 2. The van der Waals surface area contributed by atoms with Crippen LogP contribution in [0.5, 0.6) is 11.5 Å². The van der Waals surface area contributed by atoms with Crippen LogP contribution in [0.15, 0.2) is 23.2 Å². The number of nitrogens with one attached hydrogen (secondary N) is 2. The third-order valence-corrected chi connectivity index (χ3v) is 7.27. The lowest BCUT2D eigenvalue weighted by molar-refractivity contribution is -0.138. The van der Waals surface area contributed by atoms with Gasteiger partial charge in [0.2, 0.25) is 12.7 Å². The predicted molar refractivity (Wildman–Crippen MR) is 139 cm³/mol. The number of fused-ring (bicyclic) bond motifs is 1. The lowest BCUT2D eigenvalue weighted by atomic mass is 9.74. The number of benzene rings is 1. The van der Waals surface area contributed by atoms with E-state index in [4.69, 9.17) is 14.2 Å². The second kappa shape index (κ2) is 11.1. The molecule has 1 aliphatic carbocycles. The fourth-order valence-electron chi connectivity index (χ4n) is 5.27. The lowest BCUT2D eigenvalue weighted by Crippen LogP contribution is -2.52. The first-order valence-electron chi connectivity index (χ1n) is 11.6. The molecule has 2 N–H and O–H groups in total. The highest BCUT2D eigenvalue weighted by atomic mass is 127. The first-order chi connectivity index (χ1) is 15.5. The van der Waals surface area contributed by atoms with E-state index in [0.29, 0.717) is 6.54 Å². The Morgan fingerprint density at radius 3 is 2.36 bits per heavy atom. The van der Waals surface area contributed by atoms with Crippen molar-refractivity contribution in [3.8, 4) is 11.5 Å². The average Bonchev–Trinajstić information content (AvgIpc) is 3.49. The molecule has 0 bridgehead atoms. The minimum atomic E-state index is -0.338. The molecule has 0 unspecified atom stereocenters. The van der Waals surface area contributed by atoms with Gasteiger partial charge in [0.25, 0.3) is 0 Å². The van der Waals surface area contributed by atoms with Crippen molar-refractivity contribution in [1.29, 1.82) is 0 Å². The van der Waals surface area contributed by atoms with Crippen LogP contribution in [-0.2, 0) is 14.9 Å². The Bertz CT molecular complexity index is 849. The van der Waals surface area contributed by atoms with Gasteiger partial charge in [0.15, 0.2) is 17.5 Å². The molecule has 0 radical (unpaired) electrons. The highest BCUT2D eigenvalue weighted by molar-refractivity contribution is 14.0. The number of carbonyl (C=O) groups excluding carboxylic acids is 1. The van der Waals surface area contributed by atoms with Crippen molar-refractivity contribution in [3.05, 3.63) is 23.8 Å². The van der Waals surface area contributed by atoms with Gasteiger partial charge in [0, 0.05) is 52.9 Å². The molecule has 1 amide bonds. The number of aliphatic imine (C=N–C) groups is 1. The zero-order chi connectivity index (χ0) is 22.6. The van der Waals surface area contributed by atoms with E-state index < -0.39 is 0 Å². The summed E-state index contributed by atoms with van der Waals surface area (Å²) < 4.78 is 16.8. The highest BCUT2D eigenvalue weighted by Crippen LogP contribution is 2.41. The maximum absolute atomic E-state index is 12.9. The van der Waals surface area contributed by atoms with Crippen molar-refractivity contribution in [2.45, 2.75) is 43.9 Å². The van der Waals surface area contributed by atoms with E-state index in [0.717, 1.165) is 75.7 Å². The lowest BCUT2D eigenvalue weighted by Gasteiger charge is -2.38. The summed E-state index contributed by atoms with van der Waals surface area (Å²) in [6.07, 6.45) is 5.87. The van der Waals surface area contributed by atoms with Crippen LogP contribution in [0.4, 0.5) is 0 Å². The molecule has 4 rings (SSSR count). The van der Waals surface area contributed by atoms with E-state index in [9.17, 15) is 4.79 Å². The molecule has 184 valence electrons. The van der Waals surface area contributed by atoms with E-state index >= 15 is 0 Å². The smallest absolute Gasteiger partial charge is 0.231 e. The molecule has 0 spiro atoms. The summed E-state index contributed by atoms with van der Waals surface area (Å²) in [7, 11) is 5.47. The van der Waals surface area contributed by atoms with E-state index in [1.807, 2.05) is 20.2 Å². The van der Waals surface area contributed by atoms with Gasteiger partial charge in [-0.2, -0.15) is 0 Å². The SMILES string of the molecule is CN=C(NCC1(C(=O)N(C)C)CCCC1)NCC1(c2ccc3c(c2)OCO3)CCOCC1.I. The number of carbonyl (C=O) groups is 1. The molecule has 2 heterocycles. The summed E-state index contributed by atoms with van der Waals surface area (Å²) in [4.78, 5) is 19.1. The largest absolute Gasteiger partial charge is 0.454 e. The Morgan fingerprint density at radius 1 is 1.03 bits per heavy atom. The van der Waals surface area contributed by atoms with Crippen molar-refractivity contribution in [2.75, 3.05) is 54.2 Å². The van der Waals surface area contributed by atoms with Crippen LogP contribution < -0.4 is 20.1 Å². The molecule has 9 heteroatoms. The van der Waals surface area contributed by atoms with Gasteiger partial charge >= 0.3 is 0 Å². The van der Waals surface area contributed by atoms with E-state index in [1.165, 1.54) is 5.56 Å². The Kier molecular flexibility index (Phi) is 8.71. The van der Waals surface area contributed by atoms with Gasteiger partial charge in [-0.15, -0.1) is 24.0 Å². The Morgan fingerprint density at radius 2 is 1.70 bits per heavy atom. The standard InChI is InChI=1S/C24H36N4O4.HI/c1-25-22(27-16-24(8-4-5-9-24)21(29)28(2)3)26-15-23(10-12-30-13-11-23)18-6-7-19-20(14-18)32-17-31-19;/h6-7,14H,4-5,8-13,15-17H2,1-3H3,(H2,25,26,27);1H. The summed E-state index contributed by atoms with van der Waals surface area (Å²) in [5, 5.41) is 7.00. The van der Waals surface area contributed by atoms with Gasteiger partial charge in [-0.25, -0.2) is 0 Å². The molecule has 33 heavy (non-hydrogen) atoms. The second-order valence-corrected chi connectivity index (χ2v) is 9.43. The molecular weight excluding hydrogens is 535 g/mol. The highest BCUT2D eigenvalue weighted by Gasteiger charge is 2.42. The van der Waals surface area contributed by atoms with Crippen LogP contribution >= 0.6 is 24.0 Å². The maximum atomic E-state index is 12.9. The van der Waals surface area contributed by atoms with E-state index in [-0.39, 0.29) is 47.5 Å². The molecule has 0 atom stereocenters. The fourth-order valence-corrected chi connectivity index (χ4v) is 5.27. The van der Waals surface area contributed by atoms with Gasteiger partial charge in [-0.05, 0) is 43.4 Å². The molecule has 1 aromatic rings. The fraction of sp³-hybridized carbons (Fsp3) is 0.667. The summed E-state index contributed by atoms with van der Waals surface area (Å²) in [5.41, 5.74) is 0.805. The molecule has 1 saturated heterocycles. The van der Waals surface area contributed by atoms with E-state index in [1.54, 1.807) is 11.9 Å². The summed E-state index contributed by atoms with van der Waals surface area (Å²) in [6.45, 7) is 3.05. The zero-order valence-corrected chi connectivity index (χ0v) is 22.3. The van der Waals surface area contributed by atoms with Crippen LogP contribution in [0.25, 0.3) is 0 Å². The zero-order valence-electron chi connectivity index (χ0n) is 19.9. The van der Waals surface area contributed by atoms with Crippen LogP contribution in [0.2, 0.25) is 0 Å². The number of halogens is 1. The molecule has 8 nitrogen and oxygen atoms in total. The van der Waals surface area contributed by atoms with Crippen molar-refractivity contribution >= 4 is 35.8 Å². The minimum absolute atomic E-state index is 0. The van der Waals surface area contributed by atoms with Crippen LogP contribution in [0.3, 0.4) is 0 Å². The maximum Gasteiger partial charge on any atom is 0.231 e. The normalized spacial score (nSPS) is 20.6. The number of hydrogen-bond acceptors (Lipinski definition) is 5. The van der Waals surface area contributed by atoms with Gasteiger partial charge in [0.1, 0.15) is 0 Å². The second-order valence-electron chi connectivity index (χ2n) is 9.43. The molecule has 3 aliphatic rings. The number of hydrogen-bond donors (Lipinski definition) is 2. The third-order valence-electron chi connectivity index (χ3n) is 7.27.